The molecule has 0 aliphatic carbocycles. The van der Waals surface area contributed by atoms with Gasteiger partial charge < -0.3 is 10.4 Å². The first-order valence-corrected chi connectivity index (χ1v) is 6.00. The highest BCUT2D eigenvalue weighted by atomic mass is 16.4. The van der Waals surface area contributed by atoms with Crippen molar-refractivity contribution in [2.45, 2.75) is 19.4 Å². The molecule has 0 aliphatic heterocycles. The van der Waals surface area contributed by atoms with Crippen LogP contribution in [0.2, 0.25) is 0 Å². The Bertz CT molecular complexity index is 558. The maximum atomic E-state index is 11.0. The van der Waals surface area contributed by atoms with Crippen LogP contribution in [0.3, 0.4) is 0 Å². The predicted molar refractivity (Wildman–Crippen MR) is 72.2 cm³/mol. The number of aromatic carboxylic acids is 1. The van der Waals surface area contributed by atoms with Crippen molar-refractivity contribution in [1.82, 2.24) is 9.97 Å². The van der Waals surface area contributed by atoms with Crippen molar-refractivity contribution in [2.24, 2.45) is 0 Å². The van der Waals surface area contributed by atoms with Crippen LogP contribution in [0.15, 0.2) is 42.9 Å². The third-order valence-electron chi connectivity index (χ3n) is 2.71. The number of anilines is 1. The number of carboxylic acid groups (broad SMARTS) is 1. The van der Waals surface area contributed by atoms with E-state index in [4.69, 9.17) is 5.11 Å². The zero-order valence-electron chi connectivity index (χ0n) is 10.6. The van der Waals surface area contributed by atoms with Crippen LogP contribution >= 0.6 is 0 Å². The summed E-state index contributed by atoms with van der Waals surface area (Å²) in [4.78, 5) is 18.7. The lowest BCUT2D eigenvalue weighted by Gasteiger charge is -2.15. The average Bonchev–Trinajstić information content (AvgIpc) is 2.40. The van der Waals surface area contributed by atoms with Crippen molar-refractivity contribution in [2.75, 3.05) is 5.32 Å². The molecule has 19 heavy (non-hydrogen) atoms. The summed E-state index contributed by atoms with van der Waals surface area (Å²) in [6.07, 6.45) is 3.43. The Morgan fingerprint density at radius 3 is 2.79 bits per heavy atom. The van der Waals surface area contributed by atoms with E-state index < -0.39 is 5.97 Å². The normalized spacial score (nSPS) is 11.8. The minimum atomic E-state index is -1.03. The summed E-state index contributed by atoms with van der Waals surface area (Å²) in [5, 5.41) is 12.2. The molecule has 1 unspecified atom stereocenters. The van der Waals surface area contributed by atoms with Crippen molar-refractivity contribution in [3.8, 4) is 0 Å². The molecule has 2 aromatic rings. The van der Waals surface area contributed by atoms with Crippen LogP contribution in [-0.2, 0) is 6.42 Å². The maximum absolute atomic E-state index is 11.0. The summed E-state index contributed by atoms with van der Waals surface area (Å²) in [5.41, 5.74) is 1.27. The van der Waals surface area contributed by atoms with E-state index in [1.165, 1.54) is 18.1 Å². The van der Waals surface area contributed by atoms with Gasteiger partial charge in [0.2, 0.25) is 0 Å². The molecule has 1 aromatic carbocycles. The van der Waals surface area contributed by atoms with Gasteiger partial charge in [-0.15, -0.1) is 0 Å². The Morgan fingerprint density at radius 2 is 2.11 bits per heavy atom. The van der Waals surface area contributed by atoms with Crippen LogP contribution < -0.4 is 5.32 Å². The van der Waals surface area contributed by atoms with Crippen LogP contribution in [0.25, 0.3) is 0 Å². The second kappa shape index (κ2) is 5.95. The van der Waals surface area contributed by atoms with Gasteiger partial charge in [-0.3, -0.25) is 0 Å². The minimum Gasteiger partial charge on any atom is -0.477 e. The number of rotatable bonds is 5. The molecule has 1 heterocycles. The first-order valence-electron chi connectivity index (χ1n) is 6.00. The van der Waals surface area contributed by atoms with Crippen molar-refractivity contribution in [3.63, 3.8) is 0 Å². The zero-order valence-corrected chi connectivity index (χ0v) is 10.6. The molecule has 0 spiro atoms. The largest absolute Gasteiger partial charge is 0.477 e. The molecule has 0 aliphatic rings. The fraction of sp³-hybridized carbons (Fsp3) is 0.214. The predicted octanol–water partition coefficient (Wildman–Crippen LogP) is 2.22. The monoisotopic (exact) mass is 257 g/mol. The van der Waals surface area contributed by atoms with Gasteiger partial charge in [0.15, 0.2) is 0 Å². The van der Waals surface area contributed by atoms with Crippen LogP contribution in [0.4, 0.5) is 5.82 Å². The van der Waals surface area contributed by atoms with E-state index in [2.05, 4.69) is 15.3 Å². The highest BCUT2D eigenvalue weighted by molar-refractivity contribution is 5.92. The lowest BCUT2D eigenvalue weighted by Crippen LogP contribution is -2.21. The second-order valence-corrected chi connectivity index (χ2v) is 4.33. The molecule has 1 atom stereocenters. The van der Waals surface area contributed by atoms with E-state index in [9.17, 15) is 4.79 Å². The van der Waals surface area contributed by atoms with Crippen molar-refractivity contribution < 1.29 is 9.90 Å². The number of nitrogens with one attached hydrogen (secondary N) is 1. The standard InChI is InChI=1S/C14H15N3O2/c1-10(7-11-5-3-2-4-6-11)17-13-12(14(18)19)8-15-9-16-13/h2-6,8-10H,7H2,1H3,(H,18,19)(H,15,16,17). The van der Waals surface area contributed by atoms with Gasteiger partial charge in [0.05, 0.1) is 0 Å². The highest BCUT2D eigenvalue weighted by Crippen LogP contribution is 2.13. The summed E-state index contributed by atoms with van der Waals surface area (Å²) in [7, 11) is 0. The van der Waals surface area contributed by atoms with Gasteiger partial charge >= 0.3 is 5.97 Å². The smallest absolute Gasteiger partial charge is 0.341 e. The lowest BCUT2D eigenvalue weighted by molar-refractivity contribution is 0.0697. The number of carbonyl (C=O) groups is 1. The molecule has 0 fully saturated rings. The van der Waals surface area contributed by atoms with Gasteiger partial charge in [0.1, 0.15) is 17.7 Å². The molecule has 5 nitrogen and oxygen atoms in total. The van der Waals surface area contributed by atoms with E-state index in [-0.39, 0.29) is 11.6 Å². The van der Waals surface area contributed by atoms with Gasteiger partial charge in [0.25, 0.3) is 0 Å². The van der Waals surface area contributed by atoms with Gasteiger partial charge in [0, 0.05) is 12.2 Å². The number of hydrogen-bond acceptors (Lipinski definition) is 4. The molecule has 98 valence electrons. The molecule has 2 rings (SSSR count). The van der Waals surface area contributed by atoms with E-state index in [0.29, 0.717) is 5.82 Å². The average molecular weight is 257 g/mol. The lowest BCUT2D eigenvalue weighted by atomic mass is 10.1. The quantitative estimate of drug-likeness (QED) is 0.859. The topological polar surface area (TPSA) is 75.1 Å². The fourth-order valence-electron chi connectivity index (χ4n) is 1.85. The maximum Gasteiger partial charge on any atom is 0.341 e. The molecule has 0 saturated heterocycles. The molecule has 0 radical (unpaired) electrons. The molecule has 0 bridgehead atoms. The van der Waals surface area contributed by atoms with Crippen molar-refractivity contribution >= 4 is 11.8 Å². The molecule has 2 N–H and O–H groups in total. The SMILES string of the molecule is CC(Cc1ccccc1)Nc1ncncc1C(=O)O. The summed E-state index contributed by atoms with van der Waals surface area (Å²) in [5.74, 6) is -0.680. The van der Waals surface area contributed by atoms with Gasteiger partial charge in [-0.2, -0.15) is 0 Å². The number of nitrogens with zero attached hydrogens (tertiary/aromatic N) is 2. The van der Waals surface area contributed by atoms with Gasteiger partial charge in [-0.05, 0) is 18.9 Å². The second-order valence-electron chi connectivity index (χ2n) is 4.33. The Hall–Kier alpha value is -2.43. The number of benzene rings is 1. The van der Waals surface area contributed by atoms with Crippen LogP contribution in [0, 0.1) is 0 Å². The van der Waals surface area contributed by atoms with E-state index >= 15 is 0 Å². The van der Waals surface area contributed by atoms with Crippen LogP contribution in [0.1, 0.15) is 22.8 Å². The molecule has 0 saturated carbocycles. The van der Waals surface area contributed by atoms with Crippen molar-refractivity contribution in [1.29, 1.82) is 0 Å². The molecular formula is C14H15N3O2. The van der Waals surface area contributed by atoms with E-state index in [1.54, 1.807) is 0 Å². The first kappa shape index (κ1) is 13.0. The Labute approximate surface area is 111 Å². The molecular weight excluding hydrogens is 242 g/mol. The Balaban J connectivity index is 2.07. The number of aromatic nitrogens is 2. The summed E-state index contributed by atoms with van der Waals surface area (Å²) < 4.78 is 0. The summed E-state index contributed by atoms with van der Waals surface area (Å²) >= 11 is 0. The van der Waals surface area contributed by atoms with Crippen LogP contribution in [0.5, 0.6) is 0 Å². The zero-order chi connectivity index (χ0) is 13.7. The molecule has 1 aromatic heterocycles. The highest BCUT2D eigenvalue weighted by Gasteiger charge is 2.13. The van der Waals surface area contributed by atoms with E-state index in [0.717, 1.165) is 6.42 Å². The number of hydrogen-bond donors (Lipinski definition) is 2. The minimum absolute atomic E-state index is 0.0791. The summed E-state index contributed by atoms with van der Waals surface area (Å²) in [6.45, 7) is 1.99. The Kier molecular flexibility index (Phi) is 4.07. The number of carboxylic acids is 1. The van der Waals surface area contributed by atoms with Gasteiger partial charge in [-0.1, -0.05) is 30.3 Å². The third kappa shape index (κ3) is 3.51. The molecule has 5 heteroatoms. The van der Waals surface area contributed by atoms with E-state index in [1.807, 2.05) is 37.3 Å². The third-order valence-corrected chi connectivity index (χ3v) is 2.71. The summed E-state index contributed by atoms with van der Waals surface area (Å²) in [6, 6.07) is 10.1. The first-order chi connectivity index (χ1) is 9.16. The molecule has 0 amide bonds. The Morgan fingerprint density at radius 1 is 1.37 bits per heavy atom. The van der Waals surface area contributed by atoms with Gasteiger partial charge in [-0.25, -0.2) is 14.8 Å². The fourth-order valence-corrected chi connectivity index (χ4v) is 1.85. The van der Waals surface area contributed by atoms with Crippen molar-refractivity contribution in [3.05, 3.63) is 54.0 Å². The van der Waals surface area contributed by atoms with Crippen LogP contribution in [-0.4, -0.2) is 27.1 Å².